The summed E-state index contributed by atoms with van der Waals surface area (Å²) < 4.78 is 12.8. The molecule has 8 heteroatoms. The molecule has 0 bridgehead atoms. The van der Waals surface area contributed by atoms with E-state index in [0.29, 0.717) is 24.6 Å². The molecule has 0 aliphatic rings. The van der Waals surface area contributed by atoms with Crippen molar-refractivity contribution >= 4 is 43.7 Å². The van der Waals surface area contributed by atoms with Gasteiger partial charge in [-0.2, -0.15) is 0 Å². The van der Waals surface area contributed by atoms with Gasteiger partial charge in [0.05, 0.1) is 8.95 Å². The summed E-state index contributed by atoms with van der Waals surface area (Å²) in [5.41, 5.74) is 2.26. The van der Waals surface area contributed by atoms with Crippen LogP contribution in [0.25, 0.3) is 0 Å². The molecule has 0 atom stereocenters. The topological polar surface area (TPSA) is 76.7 Å². The van der Waals surface area contributed by atoms with Gasteiger partial charge in [-0.25, -0.2) is 0 Å². The standard InChI is InChI=1S/C26H34Br2N2O4/c1-19-9-11-23(21(27)15-19)33-17-25(31)29-13-7-5-3-4-6-8-14-30-26(32)18-34-24-12-10-20(2)16-22(24)28/h9-12,15-16H,3-8,13-14,17-18H2,1-2H3,(H,29,31)(H,30,32). The first-order valence-electron chi connectivity index (χ1n) is 11.7. The zero-order valence-corrected chi connectivity index (χ0v) is 23.1. The van der Waals surface area contributed by atoms with Gasteiger partial charge in [-0.1, -0.05) is 37.8 Å². The Hall–Kier alpha value is -2.06. The van der Waals surface area contributed by atoms with Crippen molar-refractivity contribution in [3.8, 4) is 11.5 Å². The maximum absolute atomic E-state index is 11.9. The molecule has 2 aromatic rings. The zero-order valence-electron chi connectivity index (χ0n) is 19.9. The van der Waals surface area contributed by atoms with Crippen LogP contribution in [0.3, 0.4) is 0 Å². The van der Waals surface area contributed by atoms with Crippen LogP contribution in [0.5, 0.6) is 11.5 Å². The maximum Gasteiger partial charge on any atom is 0.257 e. The summed E-state index contributed by atoms with van der Waals surface area (Å²) in [7, 11) is 0. The van der Waals surface area contributed by atoms with Crippen LogP contribution in [0.2, 0.25) is 0 Å². The van der Waals surface area contributed by atoms with Crippen molar-refractivity contribution < 1.29 is 19.1 Å². The molecule has 0 aromatic heterocycles. The highest BCUT2D eigenvalue weighted by Crippen LogP contribution is 2.26. The molecule has 0 heterocycles. The quantitative estimate of drug-likeness (QED) is 0.252. The number of carbonyl (C=O) groups is 2. The molecule has 0 saturated heterocycles. The lowest BCUT2D eigenvalue weighted by Crippen LogP contribution is -2.29. The molecule has 0 unspecified atom stereocenters. The third kappa shape index (κ3) is 11.4. The van der Waals surface area contributed by atoms with Crippen LogP contribution in [0.1, 0.15) is 49.7 Å². The van der Waals surface area contributed by atoms with Crippen molar-refractivity contribution in [3.63, 3.8) is 0 Å². The predicted molar refractivity (Wildman–Crippen MR) is 142 cm³/mol. The molecule has 0 spiro atoms. The van der Waals surface area contributed by atoms with E-state index >= 15 is 0 Å². The second kappa shape index (κ2) is 15.8. The highest BCUT2D eigenvalue weighted by atomic mass is 79.9. The first kappa shape index (κ1) is 28.2. The van der Waals surface area contributed by atoms with E-state index in [0.717, 1.165) is 58.6 Å². The molecule has 2 rings (SSSR count). The lowest BCUT2D eigenvalue weighted by atomic mass is 10.1. The average Bonchev–Trinajstić information content (AvgIpc) is 2.79. The van der Waals surface area contributed by atoms with Gasteiger partial charge in [-0.15, -0.1) is 0 Å². The Labute approximate surface area is 219 Å². The summed E-state index contributed by atoms with van der Waals surface area (Å²) >= 11 is 6.89. The number of rotatable bonds is 15. The number of benzene rings is 2. The van der Waals surface area contributed by atoms with E-state index in [4.69, 9.17) is 9.47 Å². The van der Waals surface area contributed by atoms with Crippen molar-refractivity contribution in [1.82, 2.24) is 10.6 Å². The summed E-state index contributed by atoms with van der Waals surface area (Å²) in [6, 6.07) is 11.5. The van der Waals surface area contributed by atoms with E-state index < -0.39 is 0 Å². The highest BCUT2D eigenvalue weighted by molar-refractivity contribution is 9.10. The monoisotopic (exact) mass is 596 g/mol. The smallest absolute Gasteiger partial charge is 0.257 e. The summed E-state index contributed by atoms with van der Waals surface area (Å²) in [6.07, 6.45) is 6.25. The second-order valence-electron chi connectivity index (χ2n) is 8.27. The Morgan fingerprint density at radius 2 is 1.06 bits per heavy atom. The van der Waals surface area contributed by atoms with Crippen LogP contribution in [-0.2, 0) is 9.59 Å². The number of hydrogen-bond acceptors (Lipinski definition) is 4. The van der Waals surface area contributed by atoms with Crippen LogP contribution in [-0.4, -0.2) is 38.1 Å². The molecule has 0 radical (unpaired) electrons. The lowest BCUT2D eigenvalue weighted by Gasteiger charge is -2.10. The Morgan fingerprint density at radius 3 is 1.44 bits per heavy atom. The van der Waals surface area contributed by atoms with Gasteiger partial charge in [-0.05, 0) is 93.9 Å². The van der Waals surface area contributed by atoms with Gasteiger partial charge in [0.25, 0.3) is 11.8 Å². The van der Waals surface area contributed by atoms with Crippen LogP contribution in [0.4, 0.5) is 0 Å². The normalized spacial score (nSPS) is 10.6. The fourth-order valence-corrected chi connectivity index (χ4v) is 4.46. The van der Waals surface area contributed by atoms with Crippen molar-refractivity contribution in [3.05, 3.63) is 56.5 Å². The van der Waals surface area contributed by atoms with E-state index in [1.54, 1.807) is 0 Å². The predicted octanol–water partition coefficient (Wildman–Crippen LogP) is 5.86. The first-order chi connectivity index (χ1) is 16.3. The largest absolute Gasteiger partial charge is 0.483 e. The molecular weight excluding hydrogens is 564 g/mol. The van der Waals surface area contributed by atoms with E-state index in [1.807, 2.05) is 50.2 Å². The molecule has 0 fully saturated rings. The van der Waals surface area contributed by atoms with Gasteiger partial charge in [0.1, 0.15) is 11.5 Å². The molecule has 0 saturated carbocycles. The number of unbranched alkanes of at least 4 members (excludes halogenated alkanes) is 5. The average molecular weight is 598 g/mol. The van der Waals surface area contributed by atoms with E-state index in [9.17, 15) is 9.59 Å². The van der Waals surface area contributed by atoms with Gasteiger partial charge in [0.2, 0.25) is 0 Å². The molecule has 0 aliphatic carbocycles. The van der Waals surface area contributed by atoms with Gasteiger partial charge < -0.3 is 20.1 Å². The Kier molecular flexibility index (Phi) is 13.1. The van der Waals surface area contributed by atoms with Crippen molar-refractivity contribution in [2.45, 2.75) is 52.4 Å². The highest BCUT2D eigenvalue weighted by Gasteiger charge is 2.07. The van der Waals surface area contributed by atoms with E-state index in [-0.39, 0.29) is 25.0 Å². The lowest BCUT2D eigenvalue weighted by molar-refractivity contribution is -0.123. The van der Waals surface area contributed by atoms with Crippen LogP contribution >= 0.6 is 31.9 Å². The maximum atomic E-state index is 11.9. The van der Waals surface area contributed by atoms with Gasteiger partial charge in [-0.3, -0.25) is 9.59 Å². The molecule has 186 valence electrons. The molecule has 6 nitrogen and oxygen atoms in total. The van der Waals surface area contributed by atoms with Gasteiger partial charge in [0.15, 0.2) is 13.2 Å². The van der Waals surface area contributed by atoms with Crippen LogP contribution < -0.4 is 20.1 Å². The minimum absolute atomic E-state index is 0.0146. The van der Waals surface area contributed by atoms with Crippen LogP contribution in [0.15, 0.2) is 45.3 Å². The summed E-state index contributed by atoms with van der Waals surface area (Å²) in [5.74, 6) is 1.12. The third-order valence-corrected chi connectivity index (χ3v) is 6.38. The molecule has 0 aliphatic heterocycles. The van der Waals surface area contributed by atoms with Crippen molar-refractivity contribution in [1.29, 1.82) is 0 Å². The number of ether oxygens (including phenoxy) is 2. The Balaban J connectivity index is 1.41. The second-order valence-corrected chi connectivity index (χ2v) is 9.98. The number of hydrogen-bond donors (Lipinski definition) is 2. The first-order valence-corrected chi connectivity index (χ1v) is 13.2. The van der Waals surface area contributed by atoms with Crippen LogP contribution in [0, 0.1) is 13.8 Å². The fourth-order valence-electron chi connectivity index (χ4n) is 3.25. The number of nitrogens with one attached hydrogen (secondary N) is 2. The number of aryl methyl sites for hydroxylation is 2. The van der Waals surface area contributed by atoms with Crippen molar-refractivity contribution in [2.24, 2.45) is 0 Å². The summed E-state index contributed by atoms with van der Waals surface area (Å²) in [6.45, 7) is 5.35. The molecule has 34 heavy (non-hydrogen) atoms. The minimum atomic E-state index is -0.109. The summed E-state index contributed by atoms with van der Waals surface area (Å²) in [4.78, 5) is 23.8. The van der Waals surface area contributed by atoms with E-state index in [1.165, 1.54) is 0 Å². The third-order valence-electron chi connectivity index (χ3n) is 5.14. The Bertz CT molecular complexity index is 862. The number of carbonyl (C=O) groups excluding carboxylic acids is 2. The SMILES string of the molecule is Cc1ccc(OCC(=O)NCCCCCCCCNC(=O)COc2ccc(C)cc2Br)c(Br)c1. The van der Waals surface area contributed by atoms with E-state index in [2.05, 4.69) is 42.5 Å². The Morgan fingerprint density at radius 1 is 0.676 bits per heavy atom. The zero-order chi connectivity index (χ0) is 24.8. The molecule has 2 aromatic carbocycles. The number of halogens is 2. The molecule has 2 amide bonds. The minimum Gasteiger partial charge on any atom is -0.483 e. The summed E-state index contributed by atoms with van der Waals surface area (Å²) in [5, 5.41) is 5.79. The van der Waals surface area contributed by atoms with Crippen molar-refractivity contribution in [2.75, 3.05) is 26.3 Å². The number of amides is 2. The van der Waals surface area contributed by atoms with Gasteiger partial charge in [0, 0.05) is 13.1 Å². The molecular formula is C26H34Br2N2O4. The molecule has 2 N–H and O–H groups in total. The van der Waals surface area contributed by atoms with Gasteiger partial charge >= 0.3 is 0 Å². The fraction of sp³-hybridized carbons (Fsp3) is 0.462.